The predicted molar refractivity (Wildman–Crippen MR) is 141 cm³/mol. The molecule has 0 unspecified atom stereocenters. The Balaban J connectivity index is 1.37. The van der Waals surface area contributed by atoms with Crippen molar-refractivity contribution in [2.75, 3.05) is 19.6 Å². The molecule has 2 aliphatic heterocycles. The maximum absolute atomic E-state index is 14.2. The first-order chi connectivity index (χ1) is 18.1. The topological polar surface area (TPSA) is 93.2 Å². The molecule has 2 fully saturated rings. The summed E-state index contributed by atoms with van der Waals surface area (Å²) in [6.45, 7) is 8.24. The standard InChI is InChI=1S/C29H43FN4O4/c1-29(2,3)26(31-27(36)22(17-34(38)19-35)15-20-7-4-5-8-20)28(37)32-13-11-23(12-14-32)33-16-21-9-6-10-25(30)24(21)18-33/h6,9-10,19-20,22-23,26,38H,4-5,7-8,11-18H2,1-3H3,(H,31,36)/t22-,26-/m1/s1. The molecule has 3 aliphatic rings. The van der Waals surface area contributed by atoms with Gasteiger partial charge >= 0.3 is 0 Å². The lowest BCUT2D eigenvalue weighted by Gasteiger charge is -2.40. The number of likely N-dealkylation sites (tertiary alicyclic amines) is 1. The monoisotopic (exact) mass is 530 g/mol. The van der Waals surface area contributed by atoms with Gasteiger partial charge in [-0.3, -0.25) is 24.5 Å². The second-order valence-corrected chi connectivity index (χ2v) is 12.5. The molecule has 0 aromatic heterocycles. The van der Waals surface area contributed by atoms with Gasteiger partial charge in [0.15, 0.2) is 0 Å². The average Bonchev–Trinajstić information content (AvgIpc) is 3.56. The summed E-state index contributed by atoms with van der Waals surface area (Å²) < 4.78 is 14.2. The summed E-state index contributed by atoms with van der Waals surface area (Å²) in [7, 11) is 0. The zero-order valence-electron chi connectivity index (χ0n) is 23.0. The summed E-state index contributed by atoms with van der Waals surface area (Å²) in [6, 6.07) is 4.82. The van der Waals surface area contributed by atoms with Gasteiger partial charge in [-0.05, 0) is 42.2 Å². The van der Waals surface area contributed by atoms with E-state index in [4.69, 9.17) is 0 Å². The number of carbonyl (C=O) groups is 3. The van der Waals surface area contributed by atoms with E-state index < -0.39 is 17.4 Å². The number of nitrogens with zero attached hydrogens (tertiary/aromatic N) is 3. The first-order valence-electron chi connectivity index (χ1n) is 14.1. The fourth-order valence-corrected chi connectivity index (χ4v) is 6.39. The van der Waals surface area contributed by atoms with E-state index in [9.17, 15) is 24.0 Å². The molecule has 1 aromatic carbocycles. The number of rotatable bonds is 9. The van der Waals surface area contributed by atoms with Crippen molar-refractivity contribution in [2.45, 2.75) is 90.9 Å². The Morgan fingerprint density at radius 1 is 1.16 bits per heavy atom. The van der Waals surface area contributed by atoms with E-state index in [-0.39, 0.29) is 30.2 Å². The SMILES string of the molecule is CC(C)(C)[C@H](NC(=O)[C@H](CC1CCCC1)CN(O)C=O)C(=O)N1CCC(N2Cc3cccc(F)c3C2)CC1. The number of hydrogen-bond donors (Lipinski definition) is 2. The van der Waals surface area contributed by atoms with Gasteiger partial charge < -0.3 is 10.2 Å². The largest absolute Gasteiger partial charge is 0.344 e. The van der Waals surface area contributed by atoms with Crippen LogP contribution in [0.5, 0.6) is 0 Å². The summed E-state index contributed by atoms with van der Waals surface area (Å²) in [5.74, 6) is -0.730. The van der Waals surface area contributed by atoms with E-state index >= 15 is 0 Å². The molecule has 4 rings (SSSR count). The minimum atomic E-state index is -0.717. The van der Waals surface area contributed by atoms with Crippen molar-refractivity contribution in [3.63, 3.8) is 0 Å². The lowest BCUT2D eigenvalue weighted by Crippen LogP contribution is -2.58. The lowest BCUT2D eigenvalue weighted by molar-refractivity contribution is -0.156. The van der Waals surface area contributed by atoms with Crippen LogP contribution in [-0.4, -0.2) is 70.0 Å². The molecule has 1 saturated carbocycles. The third-order valence-electron chi connectivity index (χ3n) is 8.64. The summed E-state index contributed by atoms with van der Waals surface area (Å²) >= 11 is 0. The molecule has 9 heteroatoms. The van der Waals surface area contributed by atoms with Crippen LogP contribution in [0.3, 0.4) is 0 Å². The number of halogens is 1. The van der Waals surface area contributed by atoms with Crippen molar-refractivity contribution in [3.05, 3.63) is 35.1 Å². The highest BCUT2D eigenvalue weighted by atomic mass is 19.1. The first-order valence-corrected chi connectivity index (χ1v) is 14.1. The molecule has 2 heterocycles. The van der Waals surface area contributed by atoms with Gasteiger partial charge in [0.25, 0.3) is 0 Å². The number of piperidine rings is 1. The van der Waals surface area contributed by atoms with Crippen LogP contribution < -0.4 is 5.32 Å². The van der Waals surface area contributed by atoms with Crippen LogP contribution in [0, 0.1) is 23.1 Å². The van der Waals surface area contributed by atoms with Gasteiger partial charge in [-0.25, -0.2) is 9.45 Å². The zero-order valence-corrected chi connectivity index (χ0v) is 23.0. The molecule has 0 radical (unpaired) electrons. The van der Waals surface area contributed by atoms with Gasteiger partial charge in [0.2, 0.25) is 18.2 Å². The molecule has 8 nitrogen and oxygen atoms in total. The normalized spacial score (nSPS) is 20.7. The van der Waals surface area contributed by atoms with E-state index in [2.05, 4.69) is 10.2 Å². The Kier molecular flexibility index (Phi) is 9.08. The van der Waals surface area contributed by atoms with Crippen molar-refractivity contribution in [1.29, 1.82) is 0 Å². The second-order valence-electron chi connectivity index (χ2n) is 12.5. The Bertz CT molecular complexity index is 999. The molecular formula is C29H43FN4O4. The summed E-state index contributed by atoms with van der Waals surface area (Å²) in [6.07, 6.45) is 6.86. The fourth-order valence-electron chi connectivity index (χ4n) is 6.39. The molecule has 2 N–H and O–H groups in total. The third kappa shape index (κ3) is 6.72. The van der Waals surface area contributed by atoms with Crippen molar-refractivity contribution in [1.82, 2.24) is 20.2 Å². The minimum Gasteiger partial charge on any atom is -0.344 e. The van der Waals surface area contributed by atoms with Crippen LogP contribution in [0.15, 0.2) is 18.2 Å². The quantitative estimate of drug-likeness (QED) is 0.289. The van der Waals surface area contributed by atoms with Crippen LogP contribution in [0.25, 0.3) is 0 Å². The van der Waals surface area contributed by atoms with Crippen molar-refractivity contribution in [3.8, 4) is 0 Å². The number of amides is 3. The maximum atomic E-state index is 14.2. The second kappa shape index (κ2) is 12.1. The average molecular weight is 531 g/mol. The molecule has 1 aromatic rings. The van der Waals surface area contributed by atoms with Crippen LogP contribution in [0.1, 0.15) is 76.8 Å². The van der Waals surface area contributed by atoms with E-state index in [0.29, 0.717) is 43.4 Å². The Morgan fingerprint density at radius 2 is 1.84 bits per heavy atom. The molecule has 3 amide bonds. The van der Waals surface area contributed by atoms with Crippen LogP contribution in [0.4, 0.5) is 4.39 Å². The lowest BCUT2D eigenvalue weighted by atomic mass is 9.84. The van der Waals surface area contributed by atoms with Gasteiger partial charge in [0.05, 0.1) is 12.5 Å². The number of nitrogens with one attached hydrogen (secondary N) is 1. The number of carbonyl (C=O) groups excluding carboxylic acids is 3. The molecule has 1 saturated heterocycles. The van der Waals surface area contributed by atoms with Gasteiger partial charge in [-0.1, -0.05) is 58.6 Å². The first kappa shape index (κ1) is 28.5. The van der Waals surface area contributed by atoms with Crippen molar-refractivity contribution < 1.29 is 24.0 Å². The highest BCUT2D eigenvalue weighted by Gasteiger charge is 2.40. The predicted octanol–water partition coefficient (Wildman–Crippen LogP) is 3.71. The van der Waals surface area contributed by atoms with Crippen LogP contribution >= 0.6 is 0 Å². The molecule has 210 valence electrons. The number of fused-ring (bicyclic) bond motifs is 1. The number of hydroxylamine groups is 2. The highest BCUT2D eigenvalue weighted by Crippen LogP contribution is 2.32. The summed E-state index contributed by atoms with van der Waals surface area (Å²) in [5.41, 5.74) is 1.31. The van der Waals surface area contributed by atoms with Crippen molar-refractivity contribution in [2.24, 2.45) is 17.3 Å². The highest BCUT2D eigenvalue weighted by molar-refractivity contribution is 5.89. The number of hydrogen-bond acceptors (Lipinski definition) is 5. The molecule has 0 spiro atoms. The third-order valence-corrected chi connectivity index (χ3v) is 8.64. The Labute approximate surface area is 225 Å². The molecule has 2 atom stereocenters. The molecule has 1 aliphatic carbocycles. The number of benzene rings is 1. The van der Waals surface area contributed by atoms with Crippen molar-refractivity contribution >= 4 is 18.2 Å². The van der Waals surface area contributed by atoms with E-state index in [1.165, 1.54) is 6.07 Å². The Hall–Kier alpha value is -2.52. The van der Waals surface area contributed by atoms with Gasteiger partial charge in [0.1, 0.15) is 11.9 Å². The molecule has 0 bridgehead atoms. The summed E-state index contributed by atoms with van der Waals surface area (Å²) in [5, 5.41) is 13.4. The van der Waals surface area contributed by atoms with E-state index in [0.717, 1.165) is 56.2 Å². The fraction of sp³-hybridized carbons (Fsp3) is 0.690. The van der Waals surface area contributed by atoms with Crippen LogP contribution in [0.2, 0.25) is 0 Å². The van der Waals surface area contributed by atoms with E-state index in [1.54, 1.807) is 6.07 Å². The molecular weight excluding hydrogens is 487 g/mol. The van der Waals surface area contributed by atoms with E-state index in [1.807, 2.05) is 31.7 Å². The van der Waals surface area contributed by atoms with Gasteiger partial charge in [-0.15, -0.1) is 0 Å². The Morgan fingerprint density at radius 3 is 2.45 bits per heavy atom. The minimum absolute atomic E-state index is 0.0822. The maximum Gasteiger partial charge on any atom is 0.245 e. The molecule has 38 heavy (non-hydrogen) atoms. The zero-order chi connectivity index (χ0) is 27.4. The summed E-state index contributed by atoms with van der Waals surface area (Å²) in [4.78, 5) is 42.3. The van der Waals surface area contributed by atoms with Crippen LogP contribution in [-0.2, 0) is 27.5 Å². The van der Waals surface area contributed by atoms with Gasteiger partial charge in [0, 0.05) is 37.8 Å². The van der Waals surface area contributed by atoms with Gasteiger partial charge in [-0.2, -0.15) is 0 Å². The smallest absolute Gasteiger partial charge is 0.245 e.